The van der Waals surface area contributed by atoms with Crippen molar-refractivity contribution in [1.29, 1.82) is 0 Å². The van der Waals surface area contributed by atoms with Crippen LogP contribution in [0.4, 0.5) is 0 Å². The van der Waals surface area contributed by atoms with Gasteiger partial charge in [0.05, 0.1) is 0 Å². The van der Waals surface area contributed by atoms with Crippen LogP contribution in [0.25, 0.3) is 0 Å². The van der Waals surface area contributed by atoms with Crippen molar-refractivity contribution < 1.29 is 19.1 Å². The minimum Gasteiger partial charge on any atom is -0.485 e. The van der Waals surface area contributed by atoms with Crippen LogP contribution in [0.2, 0.25) is 0 Å². The van der Waals surface area contributed by atoms with Crippen LogP contribution in [0.1, 0.15) is 12.8 Å². The number of ether oxygens (including phenoxy) is 2. The molecule has 3 rings (SSSR count). The summed E-state index contributed by atoms with van der Waals surface area (Å²) < 4.78 is 11.1. The summed E-state index contributed by atoms with van der Waals surface area (Å²) in [7, 11) is 0. The summed E-state index contributed by atoms with van der Waals surface area (Å²) in [4.78, 5) is 23.7. The predicted octanol–water partition coefficient (Wildman–Crippen LogP) is 0.221. The molecule has 2 unspecified atom stereocenters. The second-order valence-electron chi connectivity index (χ2n) is 4.86. The lowest BCUT2D eigenvalue weighted by Gasteiger charge is -2.28. The zero-order chi connectivity index (χ0) is 13.9. The number of para-hydroxylation sites is 2. The zero-order valence-corrected chi connectivity index (χ0v) is 10.9. The zero-order valence-electron chi connectivity index (χ0n) is 10.9. The molecule has 1 aromatic carbocycles. The highest BCUT2D eigenvalue weighted by atomic mass is 16.6. The molecule has 0 spiro atoms. The Bertz CT molecular complexity index is 532. The third kappa shape index (κ3) is 2.54. The maximum Gasteiger partial charge on any atom is 0.265 e. The Morgan fingerprint density at radius 3 is 2.90 bits per heavy atom. The van der Waals surface area contributed by atoms with Gasteiger partial charge in [-0.05, 0) is 25.0 Å². The van der Waals surface area contributed by atoms with Gasteiger partial charge in [-0.1, -0.05) is 12.1 Å². The third-order valence-electron chi connectivity index (χ3n) is 3.40. The molecular weight excluding hydrogens is 260 g/mol. The molecule has 1 aromatic rings. The smallest absolute Gasteiger partial charge is 0.265 e. The number of benzene rings is 1. The van der Waals surface area contributed by atoms with E-state index in [2.05, 4.69) is 10.6 Å². The Morgan fingerprint density at radius 2 is 2.10 bits per heavy atom. The lowest BCUT2D eigenvalue weighted by Crippen LogP contribution is -2.54. The molecule has 0 aromatic heterocycles. The van der Waals surface area contributed by atoms with Crippen molar-refractivity contribution in [2.24, 2.45) is 0 Å². The molecule has 1 saturated heterocycles. The van der Waals surface area contributed by atoms with Gasteiger partial charge in [-0.2, -0.15) is 0 Å². The Morgan fingerprint density at radius 1 is 1.30 bits per heavy atom. The minimum atomic E-state index is -0.723. The van der Waals surface area contributed by atoms with Crippen LogP contribution in [-0.2, 0) is 9.59 Å². The summed E-state index contributed by atoms with van der Waals surface area (Å²) >= 11 is 0. The first-order chi connectivity index (χ1) is 9.74. The van der Waals surface area contributed by atoms with Crippen molar-refractivity contribution in [2.45, 2.75) is 25.0 Å². The molecule has 2 aliphatic rings. The van der Waals surface area contributed by atoms with Crippen molar-refractivity contribution >= 4 is 11.8 Å². The van der Waals surface area contributed by atoms with Crippen LogP contribution in [0.5, 0.6) is 11.5 Å². The summed E-state index contributed by atoms with van der Waals surface area (Å²) in [6.45, 7) is 0.818. The summed E-state index contributed by atoms with van der Waals surface area (Å²) in [5, 5.41) is 5.44. The molecule has 2 amide bonds. The summed E-state index contributed by atoms with van der Waals surface area (Å²) in [6, 6.07) is 6.73. The molecule has 2 N–H and O–H groups in total. The van der Waals surface area contributed by atoms with Gasteiger partial charge in [-0.25, -0.2) is 0 Å². The first kappa shape index (κ1) is 12.8. The Labute approximate surface area is 116 Å². The summed E-state index contributed by atoms with van der Waals surface area (Å²) in [5.41, 5.74) is 0. The quantitative estimate of drug-likeness (QED) is 0.810. The monoisotopic (exact) mass is 276 g/mol. The maximum absolute atomic E-state index is 12.1. The Kier molecular flexibility index (Phi) is 3.45. The lowest BCUT2D eigenvalue weighted by molar-refractivity contribution is -0.135. The van der Waals surface area contributed by atoms with Crippen molar-refractivity contribution in [2.75, 3.05) is 13.2 Å². The Balaban J connectivity index is 1.63. The standard InChI is InChI=1S/C14H16N2O4/c17-13-9(4-3-7-15-13)16-14(18)12-8-19-10-5-1-2-6-11(10)20-12/h1-2,5-6,9,12H,3-4,7-8H2,(H,15,17)(H,16,18). The normalized spacial score (nSPS) is 24.7. The van der Waals surface area contributed by atoms with Gasteiger partial charge < -0.3 is 20.1 Å². The van der Waals surface area contributed by atoms with Crippen LogP contribution in [0.15, 0.2) is 24.3 Å². The number of piperidine rings is 1. The topological polar surface area (TPSA) is 76.7 Å². The predicted molar refractivity (Wildman–Crippen MR) is 70.5 cm³/mol. The highest BCUT2D eigenvalue weighted by Gasteiger charge is 2.31. The van der Waals surface area contributed by atoms with Crippen molar-refractivity contribution in [1.82, 2.24) is 10.6 Å². The molecule has 0 radical (unpaired) electrons. The van der Waals surface area contributed by atoms with E-state index in [1.54, 1.807) is 12.1 Å². The molecule has 1 fully saturated rings. The molecule has 6 nitrogen and oxygen atoms in total. The Hall–Kier alpha value is -2.24. The molecule has 6 heteroatoms. The third-order valence-corrected chi connectivity index (χ3v) is 3.40. The van der Waals surface area contributed by atoms with Gasteiger partial charge in [-0.3, -0.25) is 9.59 Å². The fourth-order valence-electron chi connectivity index (χ4n) is 2.32. The van der Waals surface area contributed by atoms with E-state index in [1.807, 2.05) is 12.1 Å². The molecule has 0 aliphatic carbocycles. The van der Waals surface area contributed by atoms with Gasteiger partial charge in [0.15, 0.2) is 11.5 Å². The minimum absolute atomic E-state index is 0.137. The fourth-order valence-corrected chi connectivity index (χ4v) is 2.32. The molecular formula is C14H16N2O4. The van der Waals surface area contributed by atoms with Crippen molar-refractivity contribution in [3.05, 3.63) is 24.3 Å². The SMILES string of the molecule is O=C1NCCCC1NC(=O)C1COc2ccccc2O1. The number of hydrogen-bond donors (Lipinski definition) is 2. The number of fused-ring (bicyclic) bond motifs is 1. The molecule has 106 valence electrons. The number of hydrogen-bond acceptors (Lipinski definition) is 4. The van der Waals surface area contributed by atoms with E-state index < -0.39 is 12.1 Å². The van der Waals surface area contributed by atoms with E-state index in [9.17, 15) is 9.59 Å². The van der Waals surface area contributed by atoms with E-state index in [-0.39, 0.29) is 18.4 Å². The maximum atomic E-state index is 12.1. The number of carbonyl (C=O) groups excluding carboxylic acids is 2. The van der Waals surface area contributed by atoms with Crippen LogP contribution < -0.4 is 20.1 Å². The lowest BCUT2D eigenvalue weighted by atomic mass is 10.1. The highest BCUT2D eigenvalue weighted by molar-refractivity contribution is 5.90. The highest BCUT2D eigenvalue weighted by Crippen LogP contribution is 2.30. The van der Waals surface area contributed by atoms with Crippen LogP contribution >= 0.6 is 0 Å². The van der Waals surface area contributed by atoms with Crippen molar-refractivity contribution in [3.63, 3.8) is 0 Å². The van der Waals surface area contributed by atoms with Gasteiger partial charge in [0, 0.05) is 6.54 Å². The van der Waals surface area contributed by atoms with Crippen LogP contribution in [0.3, 0.4) is 0 Å². The molecule has 2 atom stereocenters. The second kappa shape index (κ2) is 5.40. The molecule has 20 heavy (non-hydrogen) atoms. The second-order valence-corrected chi connectivity index (χ2v) is 4.86. The average Bonchev–Trinajstić information content (AvgIpc) is 2.49. The first-order valence-corrected chi connectivity index (χ1v) is 6.70. The van der Waals surface area contributed by atoms with Gasteiger partial charge in [0.25, 0.3) is 5.91 Å². The van der Waals surface area contributed by atoms with Gasteiger partial charge in [0.1, 0.15) is 12.6 Å². The van der Waals surface area contributed by atoms with Gasteiger partial charge in [-0.15, -0.1) is 0 Å². The first-order valence-electron chi connectivity index (χ1n) is 6.70. The fraction of sp³-hybridized carbons (Fsp3) is 0.429. The largest absolute Gasteiger partial charge is 0.485 e. The number of carbonyl (C=O) groups is 2. The molecule has 2 aliphatic heterocycles. The van der Waals surface area contributed by atoms with E-state index >= 15 is 0 Å². The molecule has 0 saturated carbocycles. The van der Waals surface area contributed by atoms with E-state index in [0.717, 1.165) is 6.42 Å². The van der Waals surface area contributed by atoms with Crippen LogP contribution in [0, 0.1) is 0 Å². The molecule has 0 bridgehead atoms. The number of amides is 2. The van der Waals surface area contributed by atoms with Gasteiger partial charge >= 0.3 is 0 Å². The van der Waals surface area contributed by atoms with Crippen LogP contribution in [-0.4, -0.2) is 37.1 Å². The number of nitrogens with one attached hydrogen (secondary N) is 2. The molecule has 2 heterocycles. The van der Waals surface area contributed by atoms with E-state index in [4.69, 9.17) is 9.47 Å². The van der Waals surface area contributed by atoms with E-state index in [1.165, 1.54) is 0 Å². The summed E-state index contributed by atoms with van der Waals surface area (Å²) in [6.07, 6.45) is 0.795. The average molecular weight is 276 g/mol. The number of rotatable bonds is 2. The summed E-state index contributed by atoms with van der Waals surface area (Å²) in [5.74, 6) is 0.724. The van der Waals surface area contributed by atoms with Crippen molar-refractivity contribution in [3.8, 4) is 11.5 Å². The van der Waals surface area contributed by atoms with Gasteiger partial charge in [0.2, 0.25) is 12.0 Å². The van der Waals surface area contributed by atoms with E-state index in [0.29, 0.717) is 24.5 Å².